The number of carbonyl (C=O) groups excluding carboxylic acids is 1. The van der Waals surface area contributed by atoms with Gasteiger partial charge in [0.1, 0.15) is 0 Å². The Morgan fingerprint density at radius 2 is 2.12 bits per heavy atom. The summed E-state index contributed by atoms with van der Waals surface area (Å²) in [7, 11) is 0. The lowest BCUT2D eigenvalue weighted by Crippen LogP contribution is -2.30. The summed E-state index contributed by atoms with van der Waals surface area (Å²) in [5.41, 5.74) is 4.49. The second-order valence-electron chi connectivity index (χ2n) is 3.46. The molecule has 0 aliphatic heterocycles. The van der Waals surface area contributed by atoms with Gasteiger partial charge in [0, 0.05) is 12.0 Å². The van der Waals surface area contributed by atoms with Crippen molar-refractivity contribution in [1.29, 1.82) is 0 Å². The molecule has 2 N–H and O–H groups in total. The van der Waals surface area contributed by atoms with E-state index in [2.05, 4.69) is 5.92 Å². The van der Waals surface area contributed by atoms with Crippen LogP contribution in [0, 0.1) is 12.3 Å². The van der Waals surface area contributed by atoms with Crippen LogP contribution in [0.2, 0.25) is 0 Å². The molecule has 1 aromatic rings. The van der Waals surface area contributed by atoms with Crippen molar-refractivity contribution in [3.05, 3.63) is 35.4 Å². The number of terminal acetylenes is 1. The summed E-state index contributed by atoms with van der Waals surface area (Å²) in [6, 6.07) is 3.15. The van der Waals surface area contributed by atoms with E-state index in [4.69, 9.17) is 12.2 Å². The van der Waals surface area contributed by atoms with Crippen LogP contribution in [0.5, 0.6) is 0 Å². The van der Waals surface area contributed by atoms with Crippen molar-refractivity contribution in [2.24, 2.45) is 5.73 Å². The van der Waals surface area contributed by atoms with Gasteiger partial charge in [0.2, 0.25) is 0 Å². The maximum atomic E-state index is 12.4. The minimum absolute atomic E-state index is 0.00488. The van der Waals surface area contributed by atoms with Gasteiger partial charge in [-0.1, -0.05) is 12.1 Å². The third-order valence-corrected chi connectivity index (χ3v) is 2.15. The van der Waals surface area contributed by atoms with E-state index >= 15 is 0 Å². The van der Waals surface area contributed by atoms with Gasteiger partial charge in [0.05, 0.1) is 11.6 Å². The lowest BCUT2D eigenvalue weighted by atomic mass is 10.0. The van der Waals surface area contributed by atoms with Crippen LogP contribution in [0.25, 0.3) is 0 Å². The zero-order valence-corrected chi connectivity index (χ0v) is 8.79. The molecule has 2 nitrogen and oxygen atoms in total. The number of ketones is 1. The molecule has 5 heteroatoms. The monoisotopic (exact) mass is 241 g/mol. The van der Waals surface area contributed by atoms with Gasteiger partial charge >= 0.3 is 6.18 Å². The number of nitrogens with two attached hydrogens (primary N) is 1. The molecule has 90 valence electrons. The Balaban J connectivity index is 3.01. The molecule has 0 fully saturated rings. The van der Waals surface area contributed by atoms with Gasteiger partial charge < -0.3 is 5.73 Å². The molecule has 0 saturated heterocycles. The van der Waals surface area contributed by atoms with E-state index in [1.165, 1.54) is 12.1 Å². The Bertz CT molecular complexity index is 460. The van der Waals surface area contributed by atoms with Crippen molar-refractivity contribution < 1.29 is 18.0 Å². The molecule has 0 aliphatic rings. The third kappa shape index (κ3) is 3.33. The van der Waals surface area contributed by atoms with Gasteiger partial charge in [-0.3, -0.25) is 4.79 Å². The molecular formula is C12H10F3NO. The molecule has 17 heavy (non-hydrogen) atoms. The van der Waals surface area contributed by atoms with E-state index in [1.54, 1.807) is 0 Å². The minimum Gasteiger partial charge on any atom is -0.320 e. The van der Waals surface area contributed by atoms with Gasteiger partial charge in [-0.25, -0.2) is 0 Å². The maximum absolute atomic E-state index is 12.4. The second kappa shape index (κ2) is 5.02. The highest BCUT2D eigenvalue weighted by Crippen LogP contribution is 2.29. The van der Waals surface area contributed by atoms with Crippen molar-refractivity contribution in [1.82, 2.24) is 0 Å². The smallest absolute Gasteiger partial charge is 0.320 e. The van der Waals surface area contributed by atoms with Crippen molar-refractivity contribution in [2.45, 2.75) is 18.6 Å². The van der Waals surface area contributed by atoms with Crippen LogP contribution >= 0.6 is 0 Å². The Kier molecular flexibility index (Phi) is 3.92. The predicted octanol–water partition coefficient (Wildman–Crippen LogP) is 2.24. The van der Waals surface area contributed by atoms with Gasteiger partial charge in [-0.2, -0.15) is 13.2 Å². The number of hydrogen-bond donors (Lipinski definition) is 1. The number of hydrogen-bond acceptors (Lipinski definition) is 2. The van der Waals surface area contributed by atoms with E-state index in [9.17, 15) is 18.0 Å². The fraction of sp³-hybridized carbons (Fsp3) is 0.250. The number of halogens is 3. The maximum Gasteiger partial charge on any atom is 0.416 e. The molecule has 1 aromatic carbocycles. The molecule has 1 rings (SSSR count). The first-order valence-corrected chi connectivity index (χ1v) is 4.76. The SMILES string of the molecule is C#CCC(N)C(=O)c1cccc(C(F)(F)F)c1. The summed E-state index contributed by atoms with van der Waals surface area (Å²) in [6.45, 7) is 0. The first-order chi connectivity index (χ1) is 7.86. The fourth-order valence-corrected chi connectivity index (χ4v) is 1.28. The molecule has 0 radical (unpaired) electrons. The summed E-state index contributed by atoms with van der Waals surface area (Å²) in [5, 5.41) is 0. The molecule has 0 saturated carbocycles. The first kappa shape index (κ1) is 13.3. The van der Waals surface area contributed by atoms with Crippen LogP contribution in [0.15, 0.2) is 24.3 Å². The lowest BCUT2D eigenvalue weighted by molar-refractivity contribution is -0.137. The quantitative estimate of drug-likeness (QED) is 0.651. The Labute approximate surface area is 96.6 Å². The van der Waals surface area contributed by atoms with Gasteiger partial charge in [-0.15, -0.1) is 12.3 Å². The molecular weight excluding hydrogens is 231 g/mol. The van der Waals surface area contributed by atoms with Crippen LogP contribution in [0.1, 0.15) is 22.3 Å². The number of rotatable bonds is 3. The summed E-state index contributed by atoms with van der Waals surface area (Å²) < 4.78 is 37.2. The minimum atomic E-state index is -4.48. The Morgan fingerprint density at radius 1 is 1.47 bits per heavy atom. The largest absolute Gasteiger partial charge is 0.416 e. The second-order valence-corrected chi connectivity index (χ2v) is 3.46. The summed E-state index contributed by atoms with van der Waals surface area (Å²) >= 11 is 0. The first-order valence-electron chi connectivity index (χ1n) is 4.76. The molecule has 0 aliphatic carbocycles. The van der Waals surface area contributed by atoms with E-state index in [1.807, 2.05) is 0 Å². The van der Waals surface area contributed by atoms with Crippen LogP contribution in [-0.4, -0.2) is 11.8 Å². The highest BCUT2D eigenvalue weighted by atomic mass is 19.4. The number of alkyl halides is 3. The Hall–Kier alpha value is -1.80. The van der Waals surface area contributed by atoms with Crippen LogP contribution in [0.3, 0.4) is 0 Å². The average molecular weight is 241 g/mol. The van der Waals surface area contributed by atoms with E-state index < -0.39 is 23.6 Å². The summed E-state index contributed by atoms with van der Waals surface area (Å²) in [4.78, 5) is 11.6. The van der Waals surface area contributed by atoms with E-state index in [-0.39, 0.29) is 12.0 Å². The van der Waals surface area contributed by atoms with Crippen molar-refractivity contribution in [3.63, 3.8) is 0 Å². The fourth-order valence-electron chi connectivity index (χ4n) is 1.28. The van der Waals surface area contributed by atoms with Crippen molar-refractivity contribution in [2.75, 3.05) is 0 Å². The molecule has 1 unspecified atom stereocenters. The average Bonchev–Trinajstić information content (AvgIpc) is 2.27. The molecule has 1 atom stereocenters. The summed E-state index contributed by atoms with van der Waals surface area (Å²) in [6.07, 6.45) is 0.498. The van der Waals surface area contributed by atoms with E-state index in [0.29, 0.717) is 0 Å². The standard InChI is InChI=1S/C12H10F3NO/c1-2-4-10(16)11(17)8-5-3-6-9(7-8)12(13,14)15/h1,3,5-7,10H,4,16H2. The topological polar surface area (TPSA) is 43.1 Å². The predicted molar refractivity (Wildman–Crippen MR) is 57.2 cm³/mol. The summed E-state index contributed by atoms with van der Waals surface area (Å²) in [5.74, 6) is 1.61. The van der Waals surface area contributed by atoms with Crippen molar-refractivity contribution in [3.8, 4) is 12.3 Å². The third-order valence-electron chi connectivity index (χ3n) is 2.15. The molecule has 0 bridgehead atoms. The molecule has 0 amide bonds. The number of Topliss-reactive ketones (excluding diaryl/α,β-unsaturated/α-hetero) is 1. The normalized spacial score (nSPS) is 12.9. The van der Waals surface area contributed by atoms with Crippen LogP contribution < -0.4 is 5.73 Å². The number of carbonyl (C=O) groups is 1. The zero-order chi connectivity index (χ0) is 13.1. The number of benzene rings is 1. The molecule has 0 heterocycles. The lowest BCUT2D eigenvalue weighted by Gasteiger charge is -2.10. The molecule has 0 spiro atoms. The van der Waals surface area contributed by atoms with Gasteiger partial charge in [0.15, 0.2) is 5.78 Å². The highest BCUT2D eigenvalue weighted by Gasteiger charge is 2.31. The Morgan fingerprint density at radius 3 is 2.65 bits per heavy atom. The van der Waals surface area contributed by atoms with Crippen LogP contribution in [0.4, 0.5) is 13.2 Å². The zero-order valence-electron chi connectivity index (χ0n) is 8.79. The molecule has 0 aromatic heterocycles. The van der Waals surface area contributed by atoms with Crippen molar-refractivity contribution >= 4 is 5.78 Å². The highest BCUT2D eigenvalue weighted by molar-refractivity contribution is 6.00. The van der Waals surface area contributed by atoms with Gasteiger partial charge in [-0.05, 0) is 12.1 Å². The van der Waals surface area contributed by atoms with Gasteiger partial charge in [0.25, 0.3) is 0 Å². The van der Waals surface area contributed by atoms with E-state index in [0.717, 1.165) is 12.1 Å². The van der Waals surface area contributed by atoms with Crippen LogP contribution in [-0.2, 0) is 6.18 Å².